The van der Waals surface area contributed by atoms with Crippen molar-refractivity contribution in [1.82, 2.24) is 15.2 Å². The first-order valence-corrected chi connectivity index (χ1v) is 9.38. The zero-order valence-corrected chi connectivity index (χ0v) is 15.9. The highest BCUT2D eigenvalue weighted by atomic mass is 16.3. The maximum absolute atomic E-state index is 9.84. The van der Waals surface area contributed by atoms with Crippen LogP contribution < -0.4 is 10.2 Å². The number of hydrogen-bond donors (Lipinski definition) is 2. The molecule has 2 aromatic heterocycles. The van der Waals surface area contributed by atoms with Crippen LogP contribution in [0.3, 0.4) is 0 Å². The van der Waals surface area contributed by atoms with Gasteiger partial charge in [-0.3, -0.25) is 4.98 Å². The fourth-order valence-electron chi connectivity index (χ4n) is 3.57. The topological polar surface area (TPSA) is 98.0 Å². The number of pyridine rings is 1. The van der Waals surface area contributed by atoms with Gasteiger partial charge in [0.1, 0.15) is 0 Å². The third-order valence-electron chi connectivity index (χ3n) is 5.17. The fourth-order valence-corrected chi connectivity index (χ4v) is 3.57. The first kappa shape index (κ1) is 18.1. The van der Waals surface area contributed by atoms with Crippen molar-refractivity contribution in [2.24, 2.45) is 0 Å². The maximum Gasteiger partial charge on any atom is 0.158 e. The summed E-state index contributed by atoms with van der Waals surface area (Å²) in [5.41, 5.74) is 4.18. The van der Waals surface area contributed by atoms with Crippen molar-refractivity contribution < 1.29 is 5.11 Å². The van der Waals surface area contributed by atoms with Crippen molar-refractivity contribution in [2.45, 2.75) is 32.4 Å². The standard InChI is InChI=1S/C21H22N6O/c1-13(16-5-3-4-15(8-16)10-22)24-21-19-9-17(27-7-6-18(28)12-27)11-23-20(19)14(2)25-26-21/h3-5,8-9,11,13,18,28H,6-7,12H2,1-2H3,(H,24,26)/t13-,18+/m1/s1. The van der Waals surface area contributed by atoms with E-state index < -0.39 is 0 Å². The average molecular weight is 374 g/mol. The van der Waals surface area contributed by atoms with E-state index in [0.29, 0.717) is 17.9 Å². The summed E-state index contributed by atoms with van der Waals surface area (Å²) in [6.07, 6.45) is 2.31. The SMILES string of the molecule is Cc1nnc(N[C@H](C)c2cccc(C#N)c2)c2cc(N3CC[C@H](O)C3)cnc12. The number of β-amino-alcohol motifs (C(OH)–C–C–N with tert-alkyl or cyclic N) is 1. The molecule has 7 nitrogen and oxygen atoms in total. The number of aryl methyl sites for hydroxylation is 1. The summed E-state index contributed by atoms with van der Waals surface area (Å²) in [5, 5.41) is 31.9. The van der Waals surface area contributed by atoms with Crippen LogP contribution in [0.25, 0.3) is 10.9 Å². The Balaban J connectivity index is 1.69. The minimum atomic E-state index is -0.293. The summed E-state index contributed by atoms with van der Waals surface area (Å²) in [4.78, 5) is 6.74. The molecule has 0 radical (unpaired) electrons. The summed E-state index contributed by atoms with van der Waals surface area (Å²) in [6, 6.07) is 11.7. The average Bonchev–Trinajstić information content (AvgIpc) is 3.16. The Morgan fingerprint density at radius 1 is 1.32 bits per heavy atom. The lowest BCUT2D eigenvalue weighted by Crippen LogP contribution is -2.21. The van der Waals surface area contributed by atoms with Crippen LogP contribution in [0.5, 0.6) is 0 Å². The van der Waals surface area contributed by atoms with Crippen molar-refractivity contribution in [3.63, 3.8) is 0 Å². The van der Waals surface area contributed by atoms with E-state index in [2.05, 4.69) is 37.5 Å². The highest BCUT2D eigenvalue weighted by Crippen LogP contribution is 2.29. The molecule has 142 valence electrons. The van der Waals surface area contributed by atoms with Crippen molar-refractivity contribution in [2.75, 3.05) is 23.3 Å². The number of nitrogens with one attached hydrogen (secondary N) is 1. The number of aromatic nitrogens is 3. The van der Waals surface area contributed by atoms with Crippen LogP contribution in [-0.2, 0) is 0 Å². The van der Waals surface area contributed by atoms with Gasteiger partial charge < -0.3 is 15.3 Å². The van der Waals surface area contributed by atoms with Crippen LogP contribution in [-0.4, -0.2) is 39.5 Å². The molecule has 2 atom stereocenters. The summed E-state index contributed by atoms with van der Waals surface area (Å²) in [5.74, 6) is 0.657. The number of aliphatic hydroxyl groups is 1. The van der Waals surface area contributed by atoms with Crippen molar-refractivity contribution in [3.05, 3.63) is 53.3 Å². The van der Waals surface area contributed by atoms with Crippen LogP contribution >= 0.6 is 0 Å². The molecule has 0 unspecified atom stereocenters. The molecule has 1 aromatic carbocycles. The molecule has 3 aromatic rings. The molecular weight excluding hydrogens is 352 g/mol. The Kier molecular flexibility index (Phi) is 4.80. The Hall–Kier alpha value is -3.24. The molecule has 1 fully saturated rings. The van der Waals surface area contributed by atoms with Gasteiger partial charge in [-0.15, -0.1) is 5.10 Å². The first-order chi connectivity index (χ1) is 13.5. The second-order valence-electron chi connectivity index (χ2n) is 7.22. The van der Waals surface area contributed by atoms with E-state index in [0.717, 1.165) is 40.8 Å². The molecule has 0 aliphatic carbocycles. The number of hydrogen-bond acceptors (Lipinski definition) is 7. The van der Waals surface area contributed by atoms with Gasteiger partial charge in [0.15, 0.2) is 5.82 Å². The van der Waals surface area contributed by atoms with Gasteiger partial charge in [-0.25, -0.2) is 0 Å². The number of rotatable bonds is 4. The molecular formula is C21H22N6O. The molecule has 7 heteroatoms. The van der Waals surface area contributed by atoms with Crippen LogP contribution in [0, 0.1) is 18.3 Å². The zero-order chi connectivity index (χ0) is 19.7. The quantitative estimate of drug-likeness (QED) is 0.724. The fraction of sp³-hybridized carbons (Fsp3) is 0.333. The Morgan fingerprint density at radius 3 is 2.93 bits per heavy atom. The van der Waals surface area contributed by atoms with E-state index in [-0.39, 0.29) is 12.1 Å². The highest BCUT2D eigenvalue weighted by Gasteiger charge is 2.22. The highest BCUT2D eigenvalue weighted by molar-refractivity contribution is 5.92. The van der Waals surface area contributed by atoms with Gasteiger partial charge in [0, 0.05) is 18.5 Å². The molecule has 0 spiro atoms. The molecule has 3 heterocycles. The van der Waals surface area contributed by atoms with Crippen LogP contribution in [0.4, 0.5) is 11.5 Å². The molecule has 2 N–H and O–H groups in total. The predicted octanol–water partition coefficient (Wildman–Crippen LogP) is 2.95. The molecule has 28 heavy (non-hydrogen) atoms. The summed E-state index contributed by atoms with van der Waals surface area (Å²) < 4.78 is 0. The minimum absolute atomic E-state index is 0.0502. The largest absolute Gasteiger partial charge is 0.391 e. The van der Waals surface area contributed by atoms with Gasteiger partial charge in [0.25, 0.3) is 0 Å². The number of nitrogens with zero attached hydrogens (tertiary/aromatic N) is 5. The van der Waals surface area contributed by atoms with Crippen molar-refractivity contribution >= 4 is 22.4 Å². The van der Waals surface area contributed by atoms with Gasteiger partial charge in [0.2, 0.25) is 0 Å². The van der Waals surface area contributed by atoms with E-state index in [1.807, 2.05) is 38.2 Å². The predicted molar refractivity (Wildman–Crippen MR) is 108 cm³/mol. The zero-order valence-electron chi connectivity index (χ0n) is 15.9. The number of fused-ring (bicyclic) bond motifs is 1. The summed E-state index contributed by atoms with van der Waals surface area (Å²) in [6.45, 7) is 5.35. The molecule has 1 aliphatic heterocycles. The molecule has 0 amide bonds. The van der Waals surface area contributed by atoms with Crippen molar-refractivity contribution in [3.8, 4) is 6.07 Å². The third kappa shape index (κ3) is 3.47. The molecule has 1 aliphatic rings. The number of nitriles is 1. The first-order valence-electron chi connectivity index (χ1n) is 9.38. The second kappa shape index (κ2) is 7.41. The van der Waals surface area contributed by atoms with E-state index in [1.54, 1.807) is 6.07 Å². The van der Waals surface area contributed by atoms with E-state index >= 15 is 0 Å². The second-order valence-corrected chi connectivity index (χ2v) is 7.22. The minimum Gasteiger partial charge on any atom is -0.391 e. The van der Waals surface area contributed by atoms with E-state index in [1.165, 1.54) is 0 Å². The lowest BCUT2D eigenvalue weighted by Gasteiger charge is -2.20. The number of benzene rings is 1. The third-order valence-corrected chi connectivity index (χ3v) is 5.17. The maximum atomic E-state index is 9.84. The lowest BCUT2D eigenvalue weighted by molar-refractivity contribution is 0.198. The summed E-state index contributed by atoms with van der Waals surface area (Å²) >= 11 is 0. The van der Waals surface area contributed by atoms with Gasteiger partial charge in [-0.05, 0) is 44.0 Å². The van der Waals surface area contributed by atoms with Crippen LogP contribution in [0.15, 0.2) is 36.5 Å². The molecule has 0 bridgehead atoms. The number of aliphatic hydroxyl groups excluding tert-OH is 1. The molecule has 0 saturated carbocycles. The lowest BCUT2D eigenvalue weighted by atomic mass is 10.1. The van der Waals surface area contributed by atoms with Gasteiger partial charge in [-0.2, -0.15) is 10.4 Å². The monoisotopic (exact) mass is 374 g/mol. The Labute approximate surface area is 163 Å². The van der Waals surface area contributed by atoms with Crippen molar-refractivity contribution in [1.29, 1.82) is 5.26 Å². The van der Waals surface area contributed by atoms with E-state index in [4.69, 9.17) is 5.26 Å². The van der Waals surface area contributed by atoms with Gasteiger partial charge in [-0.1, -0.05) is 12.1 Å². The Morgan fingerprint density at radius 2 is 2.18 bits per heavy atom. The Bertz CT molecular complexity index is 1060. The van der Waals surface area contributed by atoms with Gasteiger partial charge in [0.05, 0.1) is 46.9 Å². The summed E-state index contributed by atoms with van der Waals surface area (Å²) in [7, 11) is 0. The molecule has 4 rings (SSSR count). The van der Waals surface area contributed by atoms with Gasteiger partial charge >= 0.3 is 0 Å². The van der Waals surface area contributed by atoms with Crippen LogP contribution in [0.2, 0.25) is 0 Å². The van der Waals surface area contributed by atoms with E-state index in [9.17, 15) is 5.11 Å². The number of anilines is 2. The van der Waals surface area contributed by atoms with Crippen LogP contribution in [0.1, 0.15) is 36.2 Å². The molecule has 1 saturated heterocycles. The smallest absolute Gasteiger partial charge is 0.158 e. The normalized spacial score (nSPS) is 17.5.